The predicted octanol–water partition coefficient (Wildman–Crippen LogP) is 2.45. The normalized spacial score (nSPS) is 18.1. The number of carbonyl (C=O) groups excluding carboxylic acids is 1. The van der Waals surface area contributed by atoms with Crippen LogP contribution >= 0.6 is 12.4 Å². The Kier molecular flexibility index (Phi) is 8.58. The van der Waals surface area contributed by atoms with E-state index in [1.165, 1.54) is 12.8 Å². The van der Waals surface area contributed by atoms with Gasteiger partial charge in [-0.1, -0.05) is 30.3 Å². The zero-order chi connectivity index (χ0) is 18.4. The lowest BCUT2D eigenvalue weighted by atomic mass is 10.0. The number of rotatable bonds is 9. The molecule has 1 aromatic rings. The van der Waals surface area contributed by atoms with Gasteiger partial charge >= 0.3 is 0 Å². The van der Waals surface area contributed by atoms with Crippen molar-refractivity contribution in [2.24, 2.45) is 5.92 Å². The molecule has 2 fully saturated rings. The van der Waals surface area contributed by atoms with E-state index in [0.717, 1.165) is 37.3 Å². The summed E-state index contributed by atoms with van der Waals surface area (Å²) in [5, 5.41) is 3.58. The summed E-state index contributed by atoms with van der Waals surface area (Å²) in [4.78, 5) is 14.1. The van der Waals surface area contributed by atoms with Crippen molar-refractivity contribution in [2.75, 3.05) is 31.1 Å². The number of nitrogens with zero attached hydrogens (tertiary/aromatic N) is 1. The number of hydrogen-bond donors (Lipinski definition) is 1. The highest BCUT2D eigenvalue weighted by Crippen LogP contribution is 2.28. The van der Waals surface area contributed by atoms with E-state index in [1.807, 2.05) is 30.3 Å². The number of nitrogens with one attached hydrogen (secondary N) is 1. The molecule has 1 heterocycles. The van der Waals surface area contributed by atoms with Crippen LogP contribution in [0, 0.1) is 5.92 Å². The van der Waals surface area contributed by atoms with E-state index in [1.54, 1.807) is 4.90 Å². The smallest absolute Gasteiger partial charge is 0.237 e. The van der Waals surface area contributed by atoms with E-state index in [4.69, 9.17) is 0 Å². The zero-order valence-corrected chi connectivity index (χ0v) is 17.4. The summed E-state index contributed by atoms with van der Waals surface area (Å²) in [6, 6.07) is 10.3. The molecule has 7 heteroatoms. The Labute approximate surface area is 169 Å². The Balaban J connectivity index is 0.00000261. The molecule has 3 rings (SSSR count). The summed E-state index contributed by atoms with van der Waals surface area (Å²) < 4.78 is 24.5. The molecule has 1 saturated heterocycles. The van der Waals surface area contributed by atoms with Crippen LogP contribution in [0.25, 0.3) is 0 Å². The molecule has 0 aromatic heterocycles. The molecule has 1 aromatic carbocycles. The second-order valence-electron chi connectivity index (χ2n) is 7.69. The molecule has 1 aliphatic carbocycles. The molecule has 0 spiro atoms. The molecule has 1 N–H and O–H groups in total. The molecular weight excluding hydrogens is 384 g/mol. The molecule has 0 unspecified atom stereocenters. The lowest BCUT2D eigenvalue weighted by Gasteiger charge is -2.32. The standard InChI is InChI=1S/C20H30N2O3S.ClH/c23-20(22-12-10-19(11-13-22)21-15-18-8-9-18)16-26(24,25)14-4-7-17-5-2-1-3-6-17;/h1-3,5-6,18-19,21H,4,7-16H2;1H. The molecule has 27 heavy (non-hydrogen) atoms. The maximum absolute atomic E-state index is 12.4. The van der Waals surface area contributed by atoms with Gasteiger partial charge in [0.05, 0.1) is 5.75 Å². The van der Waals surface area contributed by atoms with E-state index in [-0.39, 0.29) is 29.8 Å². The SMILES string of the molecule is Cl.O=C(CS(=O)(=O)CCCc1ccccc1)N1CCC(NCC2CC2)CC1. The number of sulfone groups is 1. The van der Waals surface area contributed by atoms with Crippen molar-refractivity contribution in [1.82, 2.24) is 10.2 Å². The van der Waals surface area contributed by atoms with E-state index >= 15 is 0 Å². The average molecular weight is 415 g/mol. The summed E-state index contributed by atoms with van der Waals surface area (Å²) in [7, 11) is -3.33. The molecular formula is C20H31ClN2O3S. The van der Waals surface area contributed by atoms with Crippen LogP contribution in [0.4, 0.5) is 0 Å². The minimum atomic E-state index is -3.33. The van der Waals surface area contributed by atoms with Crippen LogP contribution in [-0.2, 0) is 21.1 Å². The first kappa shape index (κ1) is 22.2. The number of aryl methyl sites for hydroxylation is 1. The molecule has 5 nitrogen and oxygen atoms in total. The van der Waals surface area contributed by atoms with Crippen LogP contribution in [0.15, 0.2) is 30.3 Å². The topological polar surface area (TPSA) is 66.5 Å². The Morgan fingerprint density at radius 3 is 2.37 bits per heavy atom. The average Bonchev–Trinajstić information content (AvgIpc) is 3.45. The Morgan fingerprint density at radius 2 is 1.74 bits per heavy atom. The van der Waals surface area contributed by atoms with Gasteiger partial charge in [-0.2, -0.15) is 0 Å². The van der Waals surface area contributed by atoms with E-state index in [2.05, 4.69) is 5.32 Å². The van der Waals surface area contributed by atoms with Gasteiger partial charge in [0, 0.05) is 19.1 Å². The fraction of sp³-hybridized carbons (Fsp3) is 0.650. The summed E-state index contributed by atoms with van der Waals surface area (Å²) in [6.45, 7) is 2.43. The van der Waals surface area contributed by atoms with Gasteiger partial charge in [0.2, 0.25) is 5.91 Å². The minimum absolute atomic E-state index is 0. The van der Waals surface area contributed by atoms with Crippen molar-refractivity contribution in [3.05, 3.63) is 35.9 Å². The Hall–Kier alpha value is -1.11. The van der Waals surface area contributed by atoms with Crippen molar-refractivity contribution in [1.29, 1.82) is 0 Å². The Bertz CT molecular complexity index is 684. The maximum atomic E-state index is 12.4. The van der Waals surface area contributed by atoms with Gasteiger partial charge in [0.1, 0.15) is 5.75 Å². The van der Waals surface area contributed by atoms with E-state index < -0.39 is 9.84 Å². The molecule has 1 saturated carbocycles. The van der Waals surface area contributed by atoms with Crippen molar-refractivity contribution < 1.29 is 13.2 Å². The first-order chi connectivity index (χ1) is 12.5. The third kappa shape index (κ3) is 7.80. The molecule has 2 aliphatic rings. The number of hydrogen-bond acceptors (Lipinski definition) is 4. The molecule has 0 radical (unpaired) electrons. The van der Waals surface area contributed by atoms with Crippen molar-refractivity contribution in [3.8, 4) is 0 Å². The fourth-order valence-electron chi connectivity index (χ4n) is 3.48. The van der Waals surface area contributed by atoms with Crippen molar-refractivity contribution in [3.63, 3.8) is 0 Å². The highest BCUT2D eigenvalue weighted by Gasteiger charge is 2.27. The highest BCUT2D eigenvalue weighted by molar-refractivity contribution is 7.92. The van der Waals surface area contributed by atoms with E-state index in [0.29, 0.717) is 25.6 Å². The number of likely N-dealkylation sites (tertiary alicyclic amines) is 1. The lowest BCUT2D eigenvalue weighted by Crippen LogP contribution is -2.47. The second-order valence-corrected chi connectivity index (χ2v) is 9.87. The number of amides is 1. The summed E-state index contributed by atoms with van der Waals surface area (Å²) in [6.07, 6.45) is 5.82. The third-order valence-corrected chi connectivity index (χ3v) is 6.94. The number of benzene rings is 1. The molecule has 1 aliphatic heterocycles. The largest absolute Gasteiger partial charge is 0.342 e. The summed E-state index contributed by atoms with van der Waals surface area (Å²) in [5.74, 6) is 0.357. The highest BCUT2D eigenvalue weighted by atomic mass is 35.5. The quantitative estimate of drug-likeness (QED) is 0.674. The molecule has 0 atom stereocenters. The maximum Gasteiger partial charge on any atom is 0.237 e. The summed E-state index contributed by atoms with van der Waals surface area (Å²) in [5.41, 5.74) is 1.13. The van der Waals surface area contributed by atoms with Gasteiger partial charge in [0.25, 0.3) is 0 Å². The Morgan fingerprint density at radius 1 is 1.07 bits per heavy atom. The second kappa shape index (κ2) is 10.4. The number of carbonyl (C=O) groups is 1. The van der Waals surface area contributed by atoms with Gasteiger partial charge < -0.3 is 10.2 Å². The van der Waals surface area contributed by atoms with Crippen LogP contribution in [0.3, 0.4) is 0 Å². The first-order valence-corrected chi connectivity index (χ1v) is 11.6. The number of halogens is 1. The van der Waals surface area contributed by atoms with Gasteiger partial charge in [-0.05, 0) is 56.6 Å². The first-order valence-electron chi connectivity index (χ1n) is 9.77. The monoisotopic (exact) mass is 414 g/mol. The van der Waals surface area contributed by atoms with Gasteiger partial charge in [-0.25, -0.2) is 8.42 Å². The number of piperidine rings is 1. The van der Waals surface area contributed by atoms with Crippen LogP contribution in [0.2, 0.25) is 0 Å². The van der Waals surface area contributed by atoms with Gasteiger partial charge in [-0.15, -0.1) is 12.4 Å². The molecule has 0 bridgehead atoms. The predicted molar refractivity (Wildman–Crippen MR) is 111 cm³/mol. The third-order valence-electron chi connectivity index (χ3n) is 5.35. The molecule has 152 valence electrons. The lowest BCUT2D eigenvalue weighted by molar-refractivity contribution is -0.129. The summed E-state index contributed by atoms with van der Waals surface area (Å²) >= 11 is 0. The van der Waals surface area contributed by atoms with Crippen LogP contribution in [0.1, 0.15) is 37.7 Å². The van der Waals surface area contributed by atoms with Crippen LogP contribution in [0.5, 0.6) is 0 Å². The van der Waals surface area contributed by atoms with Crippen LogP contribution in [-0.4, -0.2) is 56.4 Å². The minimum Gasteiger partial charge on any atom is -0.342 e. The van der Waals surface area contributed by atoms with Gasteiger partial charge in [-0.3, -0.25) is 4.79 Å². The molecule has 1 amide bonds. The van der Waals surface area contributed by atoms with Crippen molar-refractivity contribution in [2.45, 2.75) is 44.6 Å². The zero-order valence-electron chi connectivity index (χ0n) is 15.8. The van der Waals surface area contributed by atoms with Crippen LogP contribution < -0.4 is 5.32 Å². The fourth-order valence-corrected chi connectivity index (χ4v) is 4.77. The van der Waals surface area contributed by atoms with E-state index in [9.17, 15) is 13.2 Å². The van der Waals surface area contributed by atoms with Crippen molar-refractivity contribution >= 4 is 28.2 Å². The van der Waals surface area contributed by atoms with Gasteiger partial charge in [0.15, 0.2) is 9.84 Å².